The number of hydrogen-bond acceptors (Lipinski definition) is 5. The minimum Gasteiger partial charge on any atom is -0.370 e. The molecule has 0 amide bonds. The Balaban J connectivity index is 1.64. The van der Waals surface area contributed by atoms with Crippen LogP contribution in [-0.2, 0) is 10.0 Å². The lowest BCUT2D eigenvalue weighted by atomic mass is 9.63. The average molecular weight is 475 g/mol. The topological polar surface area (TPSA) is 65.5 Å². The molecular formula is C20H22ClF3N4O2S. The summed E-state index contributed by atoms with van der Waals surface area (Å²) in [6.45, 7) is 1.16. The lowest BCUT2D eigenvalue weighted by molar-refractivity contribution is 0.0177. The van der Waals surface area contributed by atoms with Crippen LogP contribution in [0.5, 0.6) is 0 Å². The van der Waals surface area contributed by atoms with Crippen molar-refractivity contribution in [2.75, 3.05) is 36.8 Å². The minimum atomic E-state index is -4.73. The first-order chi connectivity index (χ1) is 14.5. The zero-order chi connectivity index (χ0) is 22.6. The maximum Gasteiger partial charge on any atom is 0.268 e. The molecule has 2 fully saturated rings. The van der Waals surface area contributed by atoms with Gasteiger partial charge in [0, 0.05) is 30.6 Å². The number of anilines is 2. The molecular weight excluding hydrogens is 453 g/mol. The molecule has 1 N–H and O–H groups in total. The average Bonchev–Trinajstić information content (AvgIpc) is 3.10. The van der Waals surface area contributed by atoms with Gasteiger partial charge >= 0.3 is 0 Å². The van der Waals surface area contributed by atoms with Crippen molar-refractivity contribution >= 4 is 33.1 Å². The summed E-state index contributed by atoms with van der Waals surface area (Å²) in [5.41, 5.74) is 0.163. The molecule has 1 unspecified atom stereocenters. The molecule has 4 rings (SSSR count). The van der Waals surface area contributed by atoms with Crippen LogP contribution in [0.2, 0.25) is 5.02 Å². The molecule has 168 valence electrons. The highest BCUT2D eigenvalue weighted by Gasteiger charge is 2.52. The number of halogens is 4. The second kappa shape index (κ2) is 7.83. The first-order valence-electron chi connectivity index (χ1n) is 9.78. The summed E-state index contributed by atoms with van der Waals surface area (Å²) >= 11 is 6.18. The van der Waals surface area contributed by atoms with E-state index in [1.165, 1.54) is 6.07 Å². The van der Waals surface area contributed by atoms with Crippen molar-refractivity contribution in [2.45, 2.75) is 30.2 Å². The van der Waals surface area contributed by atoms with Gasteiger partial charge in [-0.05, 0) is 45.5 Å². The smallest absolute Gasteiger partial charge is 0.268 e. The molecule has 31 heavy (non-hydrogen) atoms. The standard InChI is InChI=1S/C20H22ClF3N4O2S/c1-27(2)14-6-7-20(14)8-9-28(11-20)13-10-12(22)19(18(24)17(13)21)31(29,30)26-16-5-3-4-15(23)25-16/h3-5,10,14H,6-9,11H2,1-2H3,(H,25,26)/t14?,20-/m0/s1. The zero-order valence-corrected chi connectivity index (χ0v) is 18.6. The number of nitrogens with one attached hydrogen (secondary N) is 1. The number of hydrogen-bond donors (Lipinski definition) is 1. The first-order valence-corrected chi connectivity index (χ1v) is 11.6. The molecule has 2 aromatic rings. The van der Waals surface area contributed by atoms with Crippen LogP contribution >= 0.6 is 11.6 Å². The third kappa shape index (κ3) is 3.85. The fourth-order valence-electron chi connectivity index (χ4n) is 4.76. The van der Waals surface area contributed by atoms with Gasteiger partial charge in [0.15, 0.2) is 10.7 Å². The largest absolute Gasteiger partial charge is 0.370 e. The van der Waals surface area contributed by atoms with Crippen LogP contribution in [0.4, 0.5) is 24.7 Å². The van der Waals surface area contributed by atoms with Crippen molar-refractivity contribution in [3.8, 4) is 0 Å². The highest BCUT2D eigenvalue weighted by Crippen LogP contribution is 2.51. The summed E-state index contributed by atoms with van der Waals surface area (Å²) in [6, 6.07) is 4.72. The van der Waals surface area contributed by atoms with Crippen molar-refractivity contribution in [1.29, 1.82) is 0 Å². The van der Waals surface area contributed by atoms with Gasteiger partial charge in [-0.1, -0.05) is 17.7 Å². The fraction of sp³-hybridized carbons (Fsp3) is 0.450. The number of aromatic nitrogens is 1. The summed E-state index contributed by atoms with van der Waals surface area (Å²) in [5, 5.41) is -0.466. The highest BCUT2D eigenvalue weighted by molar-refractivity contribution is 7.92. The van der Waals surface area contributed by atoms with Crippen LogP contribution in [0, 0.1) is 23.0 Å². The fourth-order valence-corrected chi connectivity index (χ4v) is 6.23. The molecule has 1 aliphatic heterocycles. The van der Waals surface area contributed by atoms with E-state index >= 15 is 4.39 Å². The summed E-state index contributed by atoms with van der Waals surface area (Å²) in [6.07, 6.45) is 2.95. The lowest BCUT2D eigenvalue weighted by Gasteiger charge is -2.50. The normalized spacial score (nSPS) is 23.5. The van der Waals surface area contributed by atoms with Crippen molar-refractivity contribution in [3.63, 3.8) is 0 Å². The monoisotopic (exact) mass is 474 g/mol. The first kappa shape index (κ1) is 22.2. The van der Waals surface area contributed by atoms with Gasteiger partial charge < -0.3 is 9.80 Å². The van der Waals surface area contributed by atoms with Crippen LogP contribution in [-0.4, -0.2) is 51.5 Å². The second-order valence-electron chi connectivity index (χ2n) is 8.34. The maximum atomic E-state index is 15.0. The van der Waals surface area contributed by atoms with Gasteiger partial charge in [0.1, 0.15) is 16.7 Å². The Morgan fingerprint density at radius 1 is 1.26 bits per heavy atom. The van der Waals surface area contributed by atoms with E-state index in [0.29, 0.717) is 19.1 Å². The SMILES string of the molecule is CN(C)C1CC[C@@]12CCN(c1cc(F)c(S(=O)(=O)Nc3cccc(F)n3)c(F)c1Cl)C2. The molecule has 11 heteroatoms. The number of rotatable bonds is 5. The molecule has 1 saturated heterocycles. The Hall–Kier alpha value is -2.04. The molecule has 2 aliphatic rings. The Labute approximate surface area is 184 Å². The van der Waals surface area contributed by atoms with Crippen LogP contribution in [0.3, 0.4) is 0 Å². The highest BCUT2D eigenvalue weighted by atomic mass is 35.5. The van der Waals surface area contributed by atoms with Crippen molar-refractivity contribution in [1.82, 2.24) is 9.88 Å². The van der Waals surface area contributed by atoms with E-state index in [4.69, 9.17) is 11.6 Å². The predicted octanol–water partition coefficient (Wildman–Crippen LogP) is 3.87. The van der Waals surface area contributed by atoms with Gasteiger partial charge in [0.2, 0.25) is 5.95 Å². The molecule has 1 aliphatic carbocycles. The van der Waals surface area contributed by atoms with Gasteiger partial charge in [-0.3, -0.25) is 4.72 Å². The molecule has 1 aromatic heterocycles. The number of benzene rings is 1. The van der Waals surface area contributed by atoms with Crippen molar-refractivity contribution in [2.24, 2.45) is 5.41 Å². The van der Waals surface area contributed by atoms with Crippen molar-refractivity contribution in [3.05, 3.63) is 46.9 Å². The predicted molar refractivity (Wildman–Crippen MR) is 112 cm³/mol. The Kier molecular flexibility index (Phi) is 5.60. The van der Waals surface area contributed by atoms with Gasteiger partial charge in [-0.2, -0.15) is 4.39 Å². The molecule has 2 atom stereocenters. The van der Waals surface area contributed by atoms with Crippen LogP contribution in [0.25, 0.3) is 0 Å². The van der Waals surface area contributed by atoms with Gasteiger partial charge in [-0.25, -0.2) is 22.2 Å². The molecule has 6 nitrogen and oxygen atoms in total. The zero-order valence-electron chi connectivity index (χ0n) is 17.0. The number of pyridine rings is 1. The van der Waals surface area contributed by atoms with E-state index < -0.39 is 43.3 Å². The molecule has 1 aromatic carbocycles. The van der Waals surface area contributed by atoms with E-state index in [2.05, 4.69) is 9.88 Å². The summed E-state index contributed by atoms with van der Waals surface area (Å²) in [7, 11) is -0.700. The van der Waals surface area contributed by atoms with E-state index in [-0.39, 0.29) is 11.1 Å². The number of sulfonamides is 1. The maximum absolute atomic E-state index is 15.0. The molecule has 0 radical (unpaired) electrons. The summed E-state index contributed by atoms with van der Waals surface area (Å²) in [5.74, 6) is -4.01. The van der Waals surface area contributed by atoms with E-state index in [1.807, 2.05) is 23.7 Å². The molecule has 1 saturated carbocycles. The quantitative estimate of drug-likeness (QED) is 0.526. The lowest BCUT2D eigenvalue weighted by Crippen LogP contribution is -2.54. The molecule has 1 spiro atoms. The summed E-state index contributed by atoms with van der Waals surface area (Å²) in [4.78, 5) is 6.10. The third-order valence-corrected chi connectivity index (χ3v) is 8.04. The van der Waals surface area contributed by atoms with Crippen LogP contribution in [0.15, 0.2) is 29.2 Å². The van der Waals surface area contributed by atoms with E-state index in [9.17, 15) is 17.2 Å². The third-order valence-electron chi connectivity index (χ3n) is 6.29. The van der Waals surface area contributed by atoms with Crippen LogP contribution in [0.1, 0.15) is 19.3 Å². The number of nitrogens with zero attached hydrogens (tertiary/aromatic N) is 3. The Morgan fingerprint density at radius 2 is 2.00 bits per heavy atom. The van der Waals surface area contributed by atoms with Crippen LogP contribution < -0.4 is 9.62 Å². The van der Waals surface area contributed by atoms with Gasteiger partial charge in [-0.15, -0.1) is 0 Å². The summed E-state index contributed by atoms with van der Waals surface area (Å²) < 4.78 is 70.2. The molecule has 0 bridgehead atoms. The minimum absolute atomic E-state index is 0.0368. The Morgan fingerprint density at radius 3 is 2.61 bits per heavy atom. The van der Waals surface area contributed by atoms with Gasteiger partial charge in [0.25, 0.3) is 10.0 Å². The van der Waals surface area contributed by atoms with E-state index in [1.54, 1.807) is 0 Å². The van der Waals surface area contributed by atoms with Crippen molar-refractivity contribution < 1.29 is 21.6 Å². The second-order valence-corrected chi connectivity index (χ2v) is 10.3. The van der Waals surface area contributed by atoms with E-state index in [0.717, 1.165) is 37.5 Å². The molecule has 2 heterocycles. The Bertz CT molecular complexity index is 1130. The van der Waals surface area contributed by atoms with Gasteiger partial charge in [0.05, 0.1) is 5.69 Å².